The molecule has 0 radical (unpaired) electrons. The van der Waals surface area contributed by atoms with E-state index in [1.807, 2.05) is 0 Å². The number of hydrogen-bond acceptors (Lipinski definition) is 2. The van der Waals surface area contributed by atoms with Crippen molar-refractivity contribution >= 4 is 30.7 Å². The van der Waals surface area contributed by atoms with Gasteiger partial charge in [0.15, 0.2) is 0 Å². The number of hydrogen-bond donors (Lipinski definition) is 0. The third-order valence-electron chi connectivity index (χ3n) is 9.33. The average molecular weight is 453 g/mol. The molecule has 2 saturated carbocycles. The second-order valence-corrected chi connectivity index (χ2v) is 18.9. The molecule has 5 atom stereocenters. The van der Waals surface area contributed by atoms with Crippen LogP contribution in [0, 0.1) is 37.5 Å². The van der Waals surface area contributed by atoms with Crippen LogP contribution in [0.25, 0.3) is 11.1 Å². The summed E-state index contributed by atoms with van der Waals surface area (Å²) in [5.41, 5.74) is 6.56. The second-order valence-electron chi connectivity index (χ2n) is 11.4. The Kier molecular flexibility index (Phi) is 4.62. The molecule has 0 bridgehead atoms. The standard InChI is InChI=1S/C27H36S2Si/c1-15-12-21-19-9-7-6-8-18(19)10-11-20(21)26(15)30(4,5)27-24-22(13-16(2)28-24)23-14-17(3)29-25(23)27/h12-14,18-21,26-27H,6-11H2,1-5H3. The molecular weight excluding hydrogens is 417 g/mol. The second kappa shape index (κ2) is 6.93. The molecule has 2 fully saturated rings. The summed E-state index contributed by atoms with van der Waals surface area (Å²) >= 11 is 4.22. The zero-order valence-electron chi connectivity index (χ0n) is 19.3. The summed E-state index contributed by atoms with van der Waals surface area (Å²) in [4.78, 5) is 6.47. The van der Waals surface area contributed by atoms with Crippen molar-refractivity contribution in [3.63, 3.8) is 0 Å². The fourth-order valence-corrected chi connectivity index (χ4v) is 17.5. The van der Waals surface area contributed by atoms with Crippen molar-refractivity contribution in [1.82, 2.24) is 0 Å². The molecular formula is C27H36S2Si. The molecule has 0 nitrogen and oxygen atoms in total. The largest absolute Gasteiger partial charge is 0.145 e. The normalized spacial score (nSPS) is 33.1. The lowest BCUT2D eigenvalue weighted by Gasteiger charge is -2.48. The van der Waals surface area contributed by atoms with E-state index >= 15 is 0 Å². The third-order valence-corrected chi connectivity index (χ3v) is 16.5. The Morgan fingerprint density at radius 1 is 0.800 bits per heavy atom. The van der Waals surface area contributed by atoms with Gasteiger partial charge in [0.25, 0.3) is 0 Å². The van der Waals surface area contributed by atoms with Gasteiger partial charge in [-0.25, -0.2) is 0 Å². The smallest absolute Gasteiger partial charge is 0.0699 e. The van der Waals surface area contributed by atoms with Crippen molar-refractivity contribution in [2.45, 2.75) is 83.5 Å². The fourth-order valence-electron chi connectivity index (χ4n) is 8.43. The Bertz CT molecular complexity index is 976. The van der Waals surface area contributed by atoms with E-state index in [0.29, 0.717) is 0 Å². The maximum Gasteiger partial charge on any atom is 0.0699 e. The maximum atomic E-state index is 2.81. The van der Waals surface area contributed by atoms with Crippen LogP contribution in [-0.4, -0.2) is 8.07 Å². The van der Waals surface area contributed by atoms with Crippen LogP contribution >= 0.6 is 22.7 Å². The first-order chi connectivity index (χ1) is 14.4. The van der Waals surface area contributed by atoms with Gasteiger partial charge in [0.2, 0.25) is 0 Å². The molecule has 4 aliphatic rings. The van der Waals surface area contributed by atoms with Crippen molar-refractivity contribution in [3.05, 3.63) is 43.3 Å². The van der Waals surface area contributed by atoms with E-state index in [1.54, 1.807) is 26.5 Å². The molecule has 160 valence electrons. The molecule has 4 aliphatic carbocycles. The van der Waals surface area contributed by atoms with E-state index in [4.69, 9.17) is 0 Å². The lowest BCUT2D eigenvalue weighted by molar-refractivity contribution is 0.0898. The number of thiophene rings is 2. The molecule has 0 saturated heterocycles. The lowest BCUT2D eigenvalue weighted by atomic mass is 9.62. The third kappa shape index (κ3) is 2.74. The van der Waals surface area contributed by atoms with E-state index in [-0.39, 0.29) is 0 Å². The van der Waals surface area contributed by atoms with Gasteiger partial charge in [-0.1, -0.05) is 44.0 Å². The van der Waals surface area contributed by atoms with Gasteiger partial charge in [-0.2, -0.15) is 0 Å². The quantitative estimate of drug-likeness (QED) is 0.315. The van der Waals surface area contributed by atoms with Crippen LogP contribution < -0.4 is 0 Å². The first-order valence-corrected chi connectivity index (χ1v) is 17.0. The molecule has 6 rings (SSSR count). The van der Waals surface area contributed by atoms with Crippen LogP contribution in [0.5, 0.6) is 0 Å². The summed E-state index contributed by atoms with van der Waals surface area (Å²) in [6.07, 6.45) is 11.8. The van der Waals surface area contributed by atoms with E-state index in [0.717, 1.165) is 34.8 Å². The van der Waals surface area contributed by atoms with Crippen LogP contribution in [0.1, 0.15) is 70.5 Å². The van der Waals surface area contributed by atoms with Gasteiger partial charge in [-0.05, 0) is 92.5 Å². The monoisotopic (exact) mass is 452 g/mol. The van der Waals surface area contributed by atoms with Crippen molar-refractivity contribution < 1.29 is 0 Å². The number of allylic oxidation sites excluding steroid dienone is 2. The number of rotatable bonds is 2. The van der Waals surface area contributed by atoms with Crippen molar-refractivity contribution in [2.24, 2.45) is 23.7 Å². The average Bonchev–Trinajstić information content (AvgIpc) is 3.40. The Balaban J connectivity index is 1.41. The minimum atomic E-state index is -1.59. The summed E-state index contributed by atoms with van der Waals surface area (Å²) in [5, 5.41) is 0. The molecule has 0 spiro atoms. The van der Waals surface area contributed by atoms with Crippen molar-refractivity contribution in [1.29, 1.82) is 0 Å². The molecule has 2 heterocycles. The van der Waals surface area contributed by atoms with E-state index in [1.165, 1.54) is 48.3 Å². The number of aryl methyl sites for hydroxylation is 2. The lowest BCUT2D eigenvalue weighted by Crippen LogP contribution is -2.45. The molecule has 2 aromatic rings. The molecule has 3 heteroatoms. The van der Waals surface area contributed by atoms with E-state index in [2.05, 4.69) is 74.7 Å². The van der Waals surface area contributed by atoms with E-state index in [9.17, 15) is 0 Å². The minimum Gasteiger partial charge on any atom is -0.145 e. The molecule has 0 aliphatic heterocycles. The molecule has 2 aromatic heterocycles. The molecule has 5 unspecified atom stereocenters. The van der Waals surface area contributed by atoms with Gasteiger partial charge in [0.05, 0.1) is 8.07 Å². The minimum absolute atomic E-state index is 0.719. The SMILES string of the molecule is CC1=CC2C3CCCCC3CCC2C1[Si](C)(C)C1c2sc(C)cc2-c2cc(C)sc21. The predicted octanol–water partition coefficient (Wildman–Crippen LogP) is 8.95. The van der Waals surface area contributed by atoms with Gasteiger partial charge < -0.3 is 0 Å². The van der Waals surface area contributed by atoms with Crippen LogP contribution in [0.15, 0.2) is 23.8 Å². The van der Waals surface area contributed by atoms with Crippen LogP contribution in [0.4, 0.5) is 0 Å². The first-order valence-electron chi connectivity index (χ1n) is 12.3. The summed E-state index contributed by atoms with van der Waals surface area (Å²) in [6.45, 7) is 12.7. The summed E-state index contributed by atoms with van der Waals surface area (Å²) in [5.74, 6) is 3.89. The molecule has 0 N–H and O–H groups in total. The highest BCUT2D eigenvalue weighted by Gasteiger charge is 2.55. The zero-order chi connectivity index (χ0) is 20.8. The van der Waals surface area contributed by atoms with Crippen LogP contribution in [0.3, 0.4) is 0 Å². The van der Waals surface area contributed by atoms with Gasteiger partial charge in [0.1, 0.15) is 0 Å². The number of fused-ring (bicyclic) bond motifs is 6. The van der Waals surface area contributed by atoms with Gasteiger partial charge in [-0.3, -0.25) is 0 Å². The highest BCUT2D eigenvalue weighted by molar-refractivity contribution is 7.16. The summed E-state index contributed by atoms with van der Waals surface area (Å²) < 4.78 is 0. The predicted molar refractivity (Wildman–Crippen MR) is 136 cm³/mol. The molecule has 0 aromatic carbocycles. The summed E-state index contributed by atoms with van der Waals surface area (Å²) in [7, 11) is -1.59. The van der Waals surface area contributed by atoms with E-state index < -0.39 is 8.07 Å². The van der Waals surface area contributed by atoms with Gasteiger partial charge in [-0.15, -0.1) is 22.7 Å². The van der Waals surface area contributed by atoms with Gasteiger partial charge >= 0.3 is 0 Å². The topological polar surface area (TPSA) is 0 Å². The van der Waals surface area contributed by atoms with Crippen molar-refractivity contribution in [2.75, 3.05) is 0 Å². The maximum absolute atomic E-state index is 2.81. The zero-order valence-corrected chi connectivity index (χ0v) is 21.9. The Morgan fingerprint density at radius 3 is 2.10 bits per heavy atom. The highest BCUT2D eigenvalue weighted by atomic mass is 32.1. The van der Waals surface area contributed by atoms with Crippen molar-refractivity contribution in [3.8, 4) is 11.1 Å². The van der Waals surface area contributed by atoms with Crippen LogP contribution in [0.2, 0.25) is 18.6 Å². The van der Waals surface area contributed by atoms with Crippen LogP contribution in [-0.2, 0) is 0 Å². The van der Waals surface area contributed by atoms with Gasteiger partial charge in [0, 0.05) is 25.0 Å². The highest BCUT2D eigenvalue weighted by Crippen LogP contribution is 2.64. The Morgan fingerprint density at radius 2 is 1.43 bits per heavy atom. The fraction of sp³-hybridized carbons (Fsp3) is 0.630. The Hall–Kier alpha value is -0.643. The summed E-state index contributed by atoms with van der Waals surface area (Å²) in [6, 6.07) is 4.98. The Labute approximate surface area is 191 Å². The first kappa shape index (κ1) is 20.0. The molecule has 0 amide bonds. The molecule has 30 heavy (non-hydrogen) atoms.